The van der Waals surface area contributed by atoms with Crippen molar-refractivity contribution in [3.8, 4) is 0 Å². The van der Waals surface area contributed by atoms with Gasteiger partial charge < -0.3 is 4.90 Å². The van der Waals surface area contributed by atoms with E-state index in [9.17, 15) is 0 Å². The van der Waals surface area contributed by atoms with Crippen LogP contribution < -0.4 is 4.90 Å². The van der Waals surface area contributed by atoms with Gasteiger partial charge in [-0.15, -0.1) is 11.3 Å². The Morgan fingerprint density at radius 3 is 1.86 bits per heavy atom. The second-order valence-electron chi connectivity index (χ2n) is 10.9. The maximum Gasteiger partial charge on any atom is 0.0640 e. The van der Waals surface area contributed by atoms with Crippen LogP contribution in [0.3, 0.4) is 0 Å². The smallest absolute Gasteiger partial charge is 0.0640 e. The number of fused-ring (bicyclic) bond motifs is 10. The molecule has 0 unspecified atom stereocenters. The van der Waals surface area contributed by atoms with Crippen molar-refractivity contribution in [3.63, 3.8) is 0 Å². The van der Waals surface area contributed by atoms with Crippen molar-refractivity contribution in [1.29, 1.82) is 0 Å². The van der Waals surface area contributed by atoms with Gasteiger partial charge in [-0.25, -0.2) is 0 Å². The molecule has 0 amide bonds. The summed E-state index contributed by atoms with van der Waals surface area (Å²) < 4.78 is 2.62. The summed E-state index contributed by atoms with van der Waals surface area (Å²) in [5, 5.41) is 12.9. The van der Waals surface area contributed by atoms with Crippen LogP contribution in [-0.4, -0.2) is 0 Å². The summed E-state index contributed by atoms with van der Waals surface area (Å²) in [6.07, 6.45) is 0. The topological polar surface area (TPSA) is 3.24 Å². The summed E-state index contributed by atoms with van der Waals surface area (Å²) in [5.74, 6) is 0. The van der Waals surface area contributed by atoms with Crippen LogP contribution in [0.4, 0.5) is 17.1 Å². The molecule has 0 fully saturated rings. The van der Waals surface area contributed by atoms with Crippen LogP contribution in [0.1, 0.15) is 0 Å². The molecule has 42 heavy (non-hydrogen) atoms. The molecule has 0 aliphatic carbocycles. The van der Waals surface area contributed by atoms with Crippen molar-refractivity contribution in [3.05, 3.63) is 152 Å². The highest BCUT2D eigenvalue weighted by Crippen LogP contribution is 2.47. The fourth-order valence-electron chi connectivity index (χ4n) is 6.75. The summed E-state index contributed by atoms with van der Waals surface area (Å²) in [6, 6.07) is 55.5. The lowest BCUT2D eigenvalue weighted by Crippen LogP contribution is -2.10. The van der Waals surface area contributed by atoms with E-state index in [0.717, 1.165) is 5.69 Å². The SMILES string of the molecule is c1ccc(N(c2cccc3c2ccc2ccc4c5ccccc5ccc4c23)c2cccc3c2sc2ccccc23)cc1. The molecule has 0 spiro atoms. The molecular formula is C40H25NS. The molecule has 1 nitrogen and oxygen atoms in total. The second-order valence-corrected chi connectivity index (χ2v) is 12.0. The van der Waals surface area contributed by atoms with E-state index in [1.165, 1.54) is 74.6 Å². The summed E-state index contributed by atoms with van der Waals surface area (Å²) in [7, 11) is 0. The lowest BCUT2D eigenvalue weighted by atomic mass is 9.93. The monoisotopic (exact) mass is 551 g/mol. The molecule has 0 saturated carbocycles. The fraction of sp³-hybridized carbons (Fsp3) is 0. The Kier molecular flexibility index (Phi) is 5.13. The summed E-state index contributed by atoms with van der Waals surface area (Å²) >= 11 is 1.88. The van der Waals surface area contributed by atoms with Crippen LogP contribution in [0.15, 0.2) is 152 Å². The Bertz CT molecular complexity index is 2470. The van der Waals surface area contributed by atoms with E-state index >= 15 is 0 Å². The Morgan fingerprint density at radius 1 is 0.357 bits per heavy atom. The minimum Gasteiger partial charge on any atom is -0.308 e. The molecule has 0 aliphatic rings. The number of para-hydroxylation sites is 1. The van der Waals surface area contributed by atoms with Crippen LogP contribution in [0.2, 0.25) is 0 Å². The van der Waals surface area contributed by atoms with E-state index in [1.807, 2.05) is 11.3 Å². The Balaban J connectivity index is 1.38. The number of hydrogen-bond donors (Lipinski definition) is 0. The largest absolute Gasteiger partial charge is 0.308 e. The van der Waals surface area contributed by atoms with Gasteiger partial charge in [-0.3, -0.25) is 0 Å². The highest BCUT2D eigenvalue weighted by atomic mass is 32.1. The molecule has 1 heterocycles. The van der Waals surface area contributed by atoms with Gasteiger partial charge in [-0.2, -0.15) is 0 Å². The van der Waals surface area contributed by atoms with Gasteiger partial charge in [0.2, 0.25) is 0 Å². The van der Waals surface area contributed by atoms with Gasteiger partial charge in [-0.05, 0) is 68.0 Å². The zero-order valence-electron chi connectivity index (χ0n) is 22.8. The maximum absolute atomic E-state index is 2.45. The number of nitrogens with zero attached hydrogens (tertiary/aromatic N) is 1. The predicted molar refractivity (Wildman–Crippen MR) is 184 cm³/mol. The van der Waals surface area contributed by atoms with Crippen LogP contribution in [-0.2, 0) is 0 Å². The Hall–Kier alpha value is -5.18. The molecule has 0 saturated heterocycles. The first-order valence-corrected chi connectivity index (χ1v) is 15.2. The molecule has 196 valence electrons. The predicted octanol–water partition coefficient (Wildman–Crippen LogP) is 12.1. The van der Waals surface area contributed by atoms with E-state index in [4.69, 9.17) is 0 Å². The first-order valence-electron chi connectivity index (χ1n) is 14.4. The van der Waals surface area contributed by atoms with E-state index < -0.39 is 0 Å². The van der Waals surface area contributed by atoms with E-state index in [2.05, 4.69) is 157 Å². The normalized spacial score (nSPS) is 11.8. The van der Waals surface area contributed by atoms with Crippen molar-refractivity contribution in [2.75, 3.05) is 4.90 Å². The van der Waals surface area contributed by atoms with Crippen LogP contribution in [0.25, 0.3) is 63.3 Å². The highest BCUT2D eigenvalue weighted by Gasteiger charge is 2.20. The molecule has 0 N–H and O–H groups in total. The van der Waals surface area contributed by atoms with Crippen LogP contribution in [0, 0.1) is 0 Å². The molecular weight excluding hydrogens is 527 g/mol. The van der Waals surface area contributed by atoms with Gasteiger partial charge in [0.1, 0.15) is 0 Å². The average Bonchev–Trinajstić information content (AvgIpc) is 3.44. The third kappa shape index (κ3) is 3.43. The molecule has 8 aromatic carbocycles. The quantitative estimate of drug-likeness (QED) is 0.197. The molecule has 2 heteroatoms. The first kappa shape index (κ1) is 23.5. The number of anilines is 3. The highest BCUT2D eigenvalue weighted by molar-refractivity contribution is 7.26. The second kappa shape index (κ2) is 9.17. The van der Waals surface area contributed by atoms with E-state index in [-0.39, 0.29) is 0 Å². The Morgan fingerprint density at radius 2 is 0.976 bits per heavy atom. The molecule has 0 atom stereocenters. The zero-order chi connectivity index (χ0) is 27.6. The van der Waals surface area contributed by atoms with Gasteiger partial charge in [0.25, 0.3) is 0 Å². The van der Waals surface area contributed by atoms with E-state index in [0.29, 0.717) is 0 Å². The first-order chi connectivity index (χ1) is 20.8. The lowest BCUT2D eigenvalue weighted by Gasteiger charge is -2.27. The van der Waals surface area contributed by atoms with Crippen molar-refractivity contribution < 1.29 is 0 Å². The van der Waals surface area contributed by atoms with E-state index in [1.54, 1.807) is 0 Å². The molecule has 9 aromatic rings. The third-order valence-electron chi connectivity index (χ3n) is 8.62. The Labute approximate surface area is 247 Å². The van der Waals surface area contributed by atoms with Crippen molar-refractivity contribution in [1.82, 2.24) is 0 Å². The van der Waals surface area contributed by atoms with Crippen LogP contribution >= 0.6 is 11.3 Å². The number of thiophene rings is 1. The number of hydrogen-bond acceptors (Lipinski definition) is 2. The lowest BCUT2D eigenvalue weighted by molar-refractivity contribution is 1.32. The maximum atomic E-state index is 2.45. The summed E-state index contributed by atoms with van der Waals surface area (Å²) in [4.78, 5) is 2.45. The third-order valence-corrected chi connectivity index (χ3v) is 9.83. The number of rotatable bonds is 3. The van der Waals surface area contributed by atoms with Crippen molar-refractivity contribution in [2.45, 2.75) is 0 Å². The molecule has 1 aromatic heterocycles. The van der Waals surface area contributed by atoms with Crippen molar-refractivity contribution in [2.24, 2.45) is 0 Å². The fourth-order valence-corrected chi connectivity index (χ4v) is 7.96. The van der Waals surface area contributed by atoms with Gasteiger partial charge >= 0.3 is 0 Å². The van der Waals surface area contributed by atoms with Gasteiger partial charge in [0.05, 0.1) is 16.1 Å². The standard InChI is InChI=1S/C40H25NS/c1-2-11-28(12-3-1)41(37-18-9-16-35-32-14-6-7-19-38(32)42-40(35)37)36-17-8-15-33-31(36)24-22-27-21-23-30-29-13-5-4-10-26(29)20-25-34(30)39(27)33/h1-25H. The van der Waals surface area contributed by atoms with Gasteiger partial charge in [-0.1, -0.05) is 121 Å². The molecule has 0 bridgehead atoms. The summed E-state index contributed by atoms with van der Waals surface area (Å²) in [6.45, 7) is 0. The number of benzene rings is 8. The van der Waals surface area contributed by atoms with Gasteiger partial charge in [0, 0.05) is 26.5 Å². The van der Waals surface area contributed by atoms with Gasteiger partial charge in [0.15, 0.2) is 0 Å². The minimum atomic E-state index is 1.15. The molecule has 0 aliphatic heterocycles. The van der Waals surface area contributed by atoms with Crippen molar-refractivity contribution >= 4 is 91.7 Å². The van der Waals surface area contributed by atoms with Crippen LogP contribution in [0.5, 0.6) is 0 Å². The molecule has 0 radical (unpaired) electrons. The summed E-state index contributed by atoms with van der Waals surface area (Å²) in [5.41, 5.74) is 3.54. The molecule has 9 rings (SSSR count). The zero-order valence-corrected chi connectivity index (χ0v) is 23.6. The average molecular weight is 552 g/mol. The minimum absolute atomic E-state index is 1.15.